The first-order valence-electron chi connectivity index (χ1n) is 5.68. The highest BCUT2D eigenvalue weighted by Crippen LogP contribution is 2.32. The molecule has 0 bridgehead atoms. The van der Waals surface area contributed by atoms with Crippen LogP contribution in [0.15, 0.2) is 18.3 Å². The van der Waals surface area contributed by atoms with E-state index in [1.807, 2.05) is 25.4 Å². The molecule has 0 fully saturated rings. The van der Waals surface area contributed by atoms with E-state index in [9.17, 15) is 0 Å². The van der Waals surface area contributed by atoms with E-state index >= 15 is 0 Å². The van der Waals surface area contributed by atoms with E-state index in [2.05, 4.69) is 31.1 Å². The van der Waals surface area contributed by atoms with Gasteiger partial charge in [-0.15, -0.1) is 0 Å². The second kappa shape index (κ2) is 5.30. The molecule has 0 aliphatic rings. The first kappa shape index (κ1) is 13.0. The molecule has 1 heterocycles. The van der Waals surface area contributed by atoms with Crippen molar-refractivity contribution in [3.05, 3.63) is 24.0 Å². The number of aromatic nitrogens is 1. The average molecular weight is 222 g/mol. The monoisotopic (exact) mass is 222 g/mol. The molecule has 0 saturated carbocycles. The predicted octanol–water partition coefficient (Wildman–Crippen LogP) is 2.37. The summed E-state index contributed by atoms with van der Waals surface area (Å²) in [5, 5.41) is 3.26. The SMILES string of the molecule is CNC(C)CC(C)(C)c1ncccc1OC. The third-order valence-electron chi connectivity index (χ3n) is 2.94. The Labute approximate surface area is 98.2 Å². The Bertz CT molecular complexity index is 336. The number of hydrogen-bond donors (Lipinski definition) is 1. The van der Waals surface area contributed by atoms with E-state index in [1.54, 1.807) is 7.11 Å². The predicted molar refractivity (Wildman–Crippen MR) is 67.0 cm³/mol. The van der Waals surface area contributed by atoms with Crippen molar-refractivity contribution >= 4 is 0 Å². The van der Waals surface area contributed by atoms with Crippen molar-refractivity contribution in [2.24, 2.45) is 0 Å². The van der Waals surface area contributed by atoms with Crippen LogP contribution in [0.4, 0.5) is 0 Å². The smallest absolute Gasteiger partial charge is 0.140 e. The number of rotatable bonds is 5. The number of pyridine rings is 1. The zero-order valence-electron chi connectivity index (χ0n) is 10.9. The van der Waals surface area contributed by atoms with Crippen LogP contribution in [-0.4, -0.2) is 25.2 Å². The average Bonchev–Trinajstić information content (AvgIpc) is 2.28. The van der Waals surface area contributed by atoms with Crippen LogP contribution in [0.25, 0.3) is 0 Å². The molecule has 1 N–H and O–H groups in total. The number of nitrogens with one attached hydrogen (secondary N) is 1. The third-order valence-corrected chi connectivity index (χ3v) is 2.94. The van der Waals surface area contributed by atoms with Gasteiger partial charge in [-0.1, -0.05) is 13.8 Å². The van der Waals surface area contributed by atoms with Crippen molar-refractivity contribution in [2.45, 2.75) is 38.6 Å². The molecular formula is C13H22N2O. The Morgan fingerprint density at radius 1 is 1.50 bits per heavy atom. The summed E-state index contributed by atoms with van der Waals surface area (Å²) >= 11 is 0. The zero-order chi connectivity index (χ0) is 12.2. The molecule has 1 aromatic heterocycles. The highest BCUT2D eigenvalue weighted by atomic mass is 16.5. The van der Waals surface area contributed by atoms with Gasteiger partial charge in [-0.2, -0.15) is 0 Å². The first-order valence-corrected chi connectivity index (χ1v) is 5.68. The van der Waals surface area contributed by atoms with Crippen LogP contribution >= 0.6 is 0 Å². The highest BCUT2D eigenvalue weighted by molar-refractivity contribution is 5.32. The molecule has 0 amide bonds. The number of methoxy groups -OCH3 is 1. The lowest BCUT2D eigenvalue weighted by molar-refractivity contribution is 0.357. The maximum absolute atomic E-state index is 5.36. The fourth-order valence-corrected chi connectivity index (χ4v) is 2.03. The molecule has 1 rings (SSSR count). The van der Waals surface area contributed by atoms with Gasteiger partial charge in [0.05, 0.1) is 12.8 Å². The van der Waals surface area contributed by atoms with Gasteiger partial charge >= 0.3 is 0 Å². The van der Waals surface area contributed by atoms with Gasteiger partial charge in [0.2, 0.25) is 0 Å². The molecule has 0 saturated heterocycles. The molecule has 16 heavy (non-hydrogen) atoms. The molecule has 0 aliphatic heterocycles. The van der Waals surface area contributed by atoms with Crippen LogP contribution in [0, 0.1) is 0 Å². The van der Waals surface area contributed by atoms with Crippen molar-refractivity contribution in [1.82, 2.24) is 10.3 Å². The van der Waals surface area contributed by atoms with Crippen LogP contribution in [0.2, 0.25) is 0 Å². The summed E-state index contributed by atoms with van der Waals surface area (Å²) in [5.74, 6) is 0.871. The molecule has 90 valence electrons. The van der Waals surface area contributed by atoms with Crippen LogP contribution in [-0.2, 0) is 5.41 Å². The maximum Gasteiger partial charge on any atom is 0.140 e. The van der Waals surface area contributed by atoms with Crippen molar-refractivity contribution in [1.29, 1.82) is 0 Å². The van der Waals surface area contributed by atoms with Crippen molar-refractivity contribution < 1.29 is 4.74 Å². The summed E-state index contributed by atoms with van der Waals surface area (Å²) in [4.78, 5) is 4.46. The summed E-state index contributed by atoms with van der Waals surface area (Å²) in [6.45, 7) is 6.58. The van der Waals surface area contributed by atoms with Crippen LogP contribution < -0.4 is 10.1 Å². The largest absolute Gasteiger partial charge is 0.495 e. The molecule has 0 radical (unpaired) electrons. The fourth-order valence-electron chi connectivity index (χ4n) is 2.03. The Hall–Kier alpha value is -1.09. The molecule has 0 aromatic carbocycles. The Kier molecular flexibility index (Phi) is 4.30. The van der Waals surface area contributed by atoms with Gasteiger partial charge in [0.1, 0.15) is 5.75 Å². The minimum Gasteiger partial charge on any atom is -0.495 e. The van der Waals surface area contributed by atoms with Crippen LogP contribution in [0.3, 0.4) is 0 Å². The van der Waals surface area contributed by atoms with E-state index in [4.69, 9.17) is 4.74 Å². The molecule has 3 heteroatoms. The van der Waals surface area contributed by atoms with E-state index in [1.165, 1.54) is 0 Å². The summed E-state index contributed by atoms with van der Waals surface area (Å²) < 4.78 is 5.36. The van der Waals surface area contributed by atoms with E-state index in [0.29, 0.717) is 6.04 Å². The fraction of sp³-hybridized carbons (Fsp3) is 0.615. The molecule has 3 nitrogen and oxygen atoms in total. The van der Waals surface area contributed by atoms with Gasteiger partial charge in [0.25, 0.3) is 0 Å². The minimum absolute atomic E-state index is 0.00896. The minimum atomic E-state index is 0.00896. The second-order valence-corrected chi connectivity index (χ2v) is 4.83. The number of hydrogen-bond acceptors (Lipinski definition) is 3. The molecule has 1 atom stereocenters. The van der Waals surface area contributed by atoms with Gasteiger partial charge in [-0.25, -0.2) is 0 Å². The Balaban J connectivity index is 2.96. The first-order chi connectivity index (χ1) is 7.51. The van der Waals surface area contributed by atoms with Gasteiger partial charge in [0, 0.05) is 17.7 Å². The van der Waals surface area contributed by atoms with E-state index < -0.39 is 0 Å². The normalized spacial score (nSPS) is 13.6. The molecular weight excluding hydrogens is 200 g/mol. The van der Waals surface area contributed by atoms with Gasteiger partial charge in [-0.3, -0.25) is 4.98 Å². The lowest BCUT2D eigenvalue weighted by Gasteiger charge is -2.28. The Morgan fingerprint density at radius 3 is 2.75 bits per heavy atom. The lowest BCUT2D eigenvalue weighted by atomic mass is 9.82. The molecule has 1 unspecified atom stereocenters. The summed E-state index contributed by atoms with van der Waals surface area (Å²) in [6.07, 6.45) is 2.85. The standard InChI is InChI=1S/C13H22N2O/c1-10(14-4)9-13(2,3)12-11(16-5)7-6-8-15-12/h6-8,10,14H,9H2,1-5H3. The third kappa shape index (κ3) is 2.95. The second-order valence-electron chi connectivity index (χ2n) is 4.83. The zero-order valence-corrected chi connectivity index (χ0v) is 10.9. The van der Waals surface area contributed by atoms with E-state index in [-0.39, 0.29) is 5.41 Å². The van der Waals surface area contributed by atoms with Gasteiger partial charge in [-0.05, 0) is 32.5 Å². The molecule has 0 aliphatic carbocycles. The highest BCUT2D eigenvalue weighted by Gasteiger charge is 2.27. The van der Waals surface area contributed by atoms with Crippen molar-refractivity contribution in [2.75, 3.05) is 14.2 Å². The van der Waals surface area contributed by atoms with Crippen LogP contribution in [0.5, 0.6) is 5.75 Å². The Morgan fingerprint density at radius 2 is 2.19 bits per heavy atom. The summed E-state index contributed by atoms with van der Waals surface area (Å²) in [6, 6.07) is 4.33. The quantitative estimate of drug-likeness (QED) is 0.830. The number of nitrogens with zero attached hydrogens (tertiary/aromatic N) is 1. The summed E-state index contributed by atoms with van der Waals surface area (Å²) in [5.41, 5.74) is 1.04. The maximum atomic E-state index is 5.36. The topological polar surface area (TPSA) is 34.2 Å². The summed E-state index contributed by atoms with van der Waals surface area (Å²) in [7, 11) is 3.68. The van der Waals surface area contributed by atoms with Gasteiger partial charge < -0.3 is 10.1 Å². The molecule has 1 aromatic rings. The number of ether oxygens (including phenoxy) is 1. The van der Waals surface area contributed by atoms with Crippen LogP contribution in [0.1, 0.15) is 32.9 Å². The lowest BCUT2D eigenvalue weighted by Crippen LogP contribution is -2.31. The van der Waals surface area contributed by atoms with Crippen molar-refractivity contribution in [3.8, 4) is 5.75 Å². The van der Waals surface area contributed by atoms with Gasteiger partial charge in [0.15, 0.2) is 0 Å². The van der Waals surface area contributed by atoms with E-state index in [0.717, 1.165) is 17.9 Å². The van der Waals surface area contributed by atoms with Crippen molar-refractivity contribution in [3.63, 3.8) is 0 Å². The molecule has 0 spiro atoms.